The molecule has 0 aromatic rings. The van der Waals surface area contributed by atoms with E-state index in [0.29, 0.717) is 6.42 Å². The number of carbonyl (C=O) groups excluding carboxylic acids is 2. The SMILES string of the molecule is NC(=O)OC(=O)C1CCCC1N. The smallest absolute Gasteiger partial charge is 0.376 e. The number of esters is 1. The van der Waals surface area contributed by atoms with Gasteiger partial charge in [0.25, 0.3) is 0 Å². The van der Waals surface area contributed by atoms with Gasteiger partial charge in [-0.15, -0.1) is 0 Å². The predicted molar refractivity (Wildman–Crippen MR) is 41.0 cm³/mol. The molecule has 1 aliphatic rings. The zero-order valence-corrected chi connectivity index (χ0v) is 6.66. The maximum absolute atomic E-state index is 11.1. The summed E-state index contributed by atoms with van der Waals surface area (Å²) in [6.07, 6.45) is 1.34. The van der Waals surface area contributed by atoms with E-state index in [1.807, 2.05) is 0 Å². The van der Waals surface area contributed by atoms with E-state index < -0.39 is 12.1 Å². The van der Waals surface area contributed by atoms with Gasteiger partial charge in [-0.25, -0.2) is 4.79 Å². The van der Waals surface area contributed by atoms with Gasteiger partial charge in [-0.05, 0) is 12.8 Å². The summed E-state index contributed by atoms with van der Waals surface area (Å²) in [4.78, 5) is 21.3. The molecule has 1 rings (SSSR count). The van der Waals surface area contributed by atoms with Gasteiger partial charge in [0.05, 0.1) is 5.92 Å². The molecular formula is C7H12N2O3. The van der Waals surface area contributed by atoms with Gasteiger partial charge in [-0.3, -0.25) is 4.79 Å². The second-order valence-corrected chi connectivity index (χ2v) is 2.94. The quantitative estimate of drug-likeness (QED) is 0.420. The van der Waals surface area contributed by atoms with Crippen molar-refractivity contribution in [2.24, 2.45) is 17.4 Å². The van der Waals surface area contributed by atoms with E-state index in [4.69, 9.17) is 5.73 Å². The van der Waals surface area contributed by atoms with E-state index in [1.165, 1.54) is 0 Å². The highest BCUT2D eigenvalue weighted by Crippen LogP contribution is 2.24. The lowest BCUT2D eigenvalue weighted by atomic mass is 10.1. The monoisotopic (exact) mass is 172 g/mol. The molecule has 0 bridgehead atoms. The predicted octanol–water partition coefficient (Wildman–Crippen LogP) is -0.264. The number of hydrogen-bond acceptors (Lipinski definition) is 4. The molecule has 0 heterocycles. The summed E-state index contributed by atoms with van der Waals surface area (Å²) >= 11 is 0. The third-order valence-corrected chi connectivity index (χ3v) is 2.07. The van der Waals surface area contributed by atoms with Gasteiger partial charge in [-0.2, -0.15) is 0 Å². The standard InChI is InChI=1S/C7H12N2O3/c8-5-3-1-2-4(5)6(10)12-7(9)11/h4-5H,1-3,8H2,(H2,9,11). The Hall–Kier alpha value is -1.10. The van der Waals surface area contributed by atoms with Crippen LogP contribution in [0.15, 0.2) is 0 Å². The fraction of sp³-hybridized carbons (Fsp3) is 0.714. The molecule has 0 aliphatic heterocycles. The van der Waals surface area contributed by atoms with Gasteiger partial charge in [-0.1, -0.05) is 6.42 Å². The van der Waals surface area contributed by atoms with Crippen LogP contribution in [0.4, 0.5) is 4.79 Å². The lowest BCUT2D eigenvalue weighted by molar-refractivity contribution is -0.141. The van der Waals surface area contributed by atoms with Crippen LogP contribution in [-0.4, -0.2) is 18.1 Å². The molecular weight excluding hydrogens is 160 g/mol. The molecule has 0 spiro atoms. The first-order valence-electron chi connectivity index (χ1n) is 3.88. The first-order valence-corrected chi connectivity index (χ1v) is 3.88. The molecule has 4 N–H and O–H groups in total. The lowest BCUT2D eigenvalue weighted by Gasteiger charge is -2.11. The van der Waals surface area contributed by atoms with Crippen LogP contribution in [-0.2, 0) is 9.53 Å². The third kappa shape index (κ3) is 1.94. The summed E-state index contributed by atoms with van der Waals surface area (Å²) in [6.45, 7) is 0. The van der Waals surface area contributed by atoms with Crippen molar-refractivity contribution >= 4 is 12.1 Å². The molecule has 2 unspecified atom stereocenters. The number of primary amides is 1. The highest BCUT2D eigenvalue weighted by atomic mass is 16.6. The number of rotatable bonds is 1. The third-order valence-electron chi connectivity index (χ3n) is 2.07. The van der Waals surface area contributed by atoms with Crippen LogP contribution in [0.1, 0.15) is 19.3 Å². The maximum Gasteiger partial charge on any atom is 0.412 e. The van der Waals surface area contributed by atoms with Crippen molar-refractivity contribution in [3.05, 3.63) is 0 Å². The Kier molecular flexibility index (Phi) is 2.65. The summed E-state index contributed by atoms with van der Waals surface area (Å²) in [7, 11) is 0. The molecule has 1 aliphatic carbocycles. The van der Waals surface area contributed by atoms with Crippen molar-refractivity contribution in [3.8, 4) is 0 Å². The molecule has 5 heteroatoms. The van der Waals surface area contributed by atoms with Crippen molar-refractivity contribution in [2.75, 3.05) is 0 Å². The Morgan fingerprint density at radius 1 is 1.33 bits per heavy atom. The fourth-order valence-corrected chi connectivity index (χ4v) is 1.46. The first-order chi connectivity index (χ1) is 5.61. The van der Waals surface area contributed by atoms with Crippen molar-refractivity contribution < 1.29 is 14.3 Å². The summed E-state index contributed by atoms with van der Waals surface area (Å²) < 4.78 is 4.22. The van der Waals surface area contributed by atoms with Gasteiger partial charge in [0, 0.05) is 6.04 Å². The summed E-state index contributed by atoms with van der Waals surface area (Å²) in [5.41, 5.74) is 10.3. The molecule has 0 aromatic heterocycles. The topological polar surface area (TPSA) is 95.4 Å². The molecule has 5 nitrogen and oxygen atoms in total. The minimum Gasteiger partial charge on any atom is -0.376 e. The molecule has 0 radical (unpaired) electrons. The van der Waals surface area contributed by atoms with Crippen LogP contribution in [0.2, 0.25) is 0 Å². The molecule has 0 aromatic carbocycles. The van der Waals surface area contributed by atoms with Gasteiger partial charge in [0.15, 0.2) is 0 Å². The van der Waals surface area contributed by atoms with Crippen LogP contribution in [0.3, 0.4) is 0 Å². The molecule has 12 heavy (non-hydrogen) atoms. The van der Waals surface area contributed by atoms with E-state index in [0.717, 1.165) is 12.8 Å². The zero-order chi connectivity index (χ0) is 9.14. The second-order valence-electron chi connectivity index (χ2n) is 2.94. The number of amides is 1. The number of carbonyl (C=O) groups is 2. The van der Waals surface area contributed by atoms with Crippen molar-refractivity contribution in [3.63, 3.8) is 0 Å². The van der Waals surface area contributed by atoms with E-state index in [1.54, 1.807) is 0 Å². The summed E-state index contributed by atoms with van der Waals surface area (Å²) in [6, 6.07) is -0.183. The van der Waals surface area contributed by atoms with Gasteiger partial charge >= 0.3 is 12.1 Å². The van der Waals surface area contributed by atoms with Gasteiger partial charge in [0.2, 0.25) is 0 Å². The van der Waals surface area contributed by atoms with Crippen LogP contribution in [0.25, 0.3) is 0 Å². The van der Waals surface area contributed by atoms with Crippen LogP contribution >= 0.6 is 0 Å². The Morgan fingerprint density at radius 3 is 2.42 bits per heavy atom. The van der Waals surface area contributed by atoms with E-state index in [9.17, 15) is 9.59 Å². The minimum atomic E-state index is -1.06. The number of hydrogen-bond donors (Lipinski definition) is 2. The van der Waals surface area contributed by atoms with Crippen LogP contribution < -0.4 is 11.5 Å². The fourth-order valence-electron chi connectivity index (χ4n) is 1.46. The first kappa shape index (κ1) is 8.99. The Morgan fingerprint density at radius 2 is 2.00 bits per heavy atom. The van der Waals surface area contributed by atoms with Crippen LogP contribution in [0, 0.1) is 5.92 Å². The second kappa shape index (κ2) is 3.53. The summed E-state index contributed by atoms with van der Waals surface area (Å²) in [5, 5.41) is 0. The Bertz CT molecular complexity index is 205. The molecule has 68 valence electrons. The molecule has 1 saturated carbocycles. The zero-order valence-electron chi connectivity index (χ0n) is 6.66. The van der Waals surface area contributed by atoms with Crippen molar-refractivity contribution in [1.29, 1.82) is 0 Å². The van der Waals surface area contributed by atoms with E-state index in [2.05, 4.69) is 10.5 Å². The highest BCUT2D eigenvalue weighted by molar-refractivity contribution is 5.85. The average molecular weight is 172 g/mol. The molecule has 1 amide bonds. The Labute approximate surface area is 70.0 Å². The normalized spacial score (nSPS) is 28.4. The number of ether oxygens (including phenoxy) is 1. The molecule has 2 atom stereocenters. The van der Waals surface area contributed by atoms with Gasteiger partial charge in [0.1, 0.15) is 0 Å². The highest BCUT2D eigenvalue weighted by Gasteiger charge is 2.32. The van der Waals surface area contributed by atoms with Crippen molar-refractivity contribution in [1.82, 2.24) is 0 Å². The van der Waals surface area contributed by atoms with Crippen molar-refractivity contribution in [2.45, 2.75) is 25.3 Å². The largest absolute Gasteiger partial charge is 0.412 e. The summed E-state index contributed by atoms with van der Waals surface area (Å²) in [5.74, 6) is -0.940. The van der Waals surface area contributed by atoms with Gasteiger partial charge < -0.3 is 16.2 Å². The average Bonchev–Trinajstić information content (AvgIpc) is 2.33. The maximum atomic E-state index is 11.1. The number of nitrogens with two attached hydrogens (primary N) is 2. The van der Waals surface area contributed by atoms with Crippen LogP contribution in [0.5, 0.6) is 0 Å². The lowest BCUT2D eigenvalue weighted by Crippen LogP contribution is -2.34. The van der Waals surface area contributed by atoms with E-state index >= 15 is 0 Å². The molecule has 1 fully saturated rings. The molecule has 0 saturated heterocycles. The van der Waals surface area contributed by atoms with E-state index in [-0.39, 0.29) is 12.0 Å². The minimum absolute atomic E-state index is 0.183. The Balaban J connectivity index is 2.46.